The molecule has 0 N–H and O–H groups in total. The van der Waals surface area contributed by atoms with E-state index in [0.29, 0.717) is 6.54 Å². The van der Waals surface area contributed by atoms with Gasteiger partial charge in [0.05, 0.1) is 7.11 Å². The Morgan fingerprint density at radius 3 is 2.35 bits per heavy atom. The minimum absolute atomic E-state index is 0.225. The monoisotopic (exact) mass is 299 g/mol. The largest absolute Gasteiger partial charge is 0.468 e. The zero-order valence-corrected chi connectivity index (χ0v) is 12.2. The molecule has 1 rings (SSSR count). The van der Waals surface area contributed by atoms with Crippen molar-refractivity contribution in [3.05, 3.63) is 34.3 Å². The second kappa shape index (κ2) is 5.65. The molecule has 0 amide bonds. The van der Waals surface area contributed by atoms with Crippen LogP contribution in [0.15, 0.2) is 28.7 Å². The highest BCUT2D eigenvalue weighted by Gasteiger charge is 2.33. The average molecular weight is 300 g/mol. The molecule has 0 radical (unpaired) electrons. The number of likely N-dealkylation sites (N-methyl/N-ethyl adjacent to an activating group) is 1. The topological polar surface area (TPSA) is 29.5 Å². The number of rotatable bonds is 4. The van der Waals surface area contributed by atoms with E-state index in [-0.39, 0.29) is 5.97 Å². The van der Waals surface area contributed by atoms with Crippen LogP contribution in [-0.4, -0.2) is 30.6 Å². The van der Waals surface area contributed by atoms with E-state index >= 15 is 0 Å². The molecule has 0 aromatic heterocycles. The van der Waals surface area contributed by atoms with E-state index in [9.17, 15) is 4.79 Å². The smallest absolute Gasteiger partial charge is 0.325 e. The van der Waals surface area contributed by atoms with Crippen molar-refractivity contribution in [3.8, 4) is 0 Å². The summed E-state index contributed by atoms with van der Waals surface area (Å²) in [7, 11) is 3.33. The molecule has 4 heteroatoms. The Bertz CT molecular complexity index is 387. The fourth-order valence-electron chi connectivity index (χ4n) is 1.47. The van der Waals surface area contributed by atoms with Crippen molar-refractivity contribution in [2.24, 2.45) is 0 Å². The molecule has 3 nitrogen and oxygen atoms in total. The Balaban J connectivity index is 2.75. The Morgan fingerprint density at radius 1 is 1.35 bits per heavy atom. The van der Waals surface area contributed by atoms with Crippen LogP contribution in [0, 0.1) is 0 Å². The number of methoxy groups -OCH3 is 1. The molecule has 0 saturated heterocycles. The highest BCUT2D eigenvalue weighted by molar-refractivity contribution is 9.10. The number of esters is 1. The zero-order valence-electron chi connectivity index (χ0n) is 10.7. The lowest BCUT2D eigenvalue weighted by Crippen LogP contribution is -2.48. The first kappa shape index (κ1) is 14.2. The molecule has 1 aromatic rings. The first-order chi connectivity index (χ1) is 7.87. The summed E-state index contributed by atoms with van der Waals surface area (Å²) in [5.74, 6) is -0.225. The maximum absolute atomic E-state index is 11.6. The van der Waals surface area contributed by atoms with Crippen LogP contribution in [0.25, 0.3) is 0 Å². The van der Waals surface area contributed by atoms with Gasteiger partial charge in [0.2, 0.25) is 0 Å². The van der Waals surface area contributed by atoms with Gasteiger partial charge in [0.25, 0.3) is 0 Å². The number of nitrogens with zero attached hydrogens (tertiary/aromatic N) is 1. The lowest BCUT2D eigenvalue weighted by Gasteiger charge is -2.32. The molecule has 1 aromatic carbocycles. The van der Waals surface area contributed by atoms with E-state index in [2.05, 4.69) is 15.9 Å². The normalized spacial score (nSPS) is 11.6. The van der Waals surface area contributed by atoms with Crippen LogP contribution in [0.1, 0.15) is 19.4 Å². The molecule has 0 bridgehead atoms. The third kappa shape index (κ3) is 3.54. The summed E-state index contributed by atoms with van der Waals surface area (Å²) in [4.78, 5) is 13.6. The first-order valence-electron chi connectivity index (χ1n) is 5.42. The molecule has 0 heterocycles. The average Bonchev–Trinajstić information content (AvgIpc) is 2.30. The summed E-state index contributed by atoms with van der Waals surface area (Å²) in [6.07, 6.45) is 0. The quantitative estimate of drug-likeness (QED) is 0.801. The molecule has 0 spiro atoms. The van der Waals surface area contributed by atoms with Crippen molar-refractivity contribution in [2.45, 2.75) is 25.9 Å². The Labute approximate surface area is 111 Å². The number of hydrogen-bond acceptors (Lipinski definition) is 3. The van der Waals surface area contributed by atoms with Gasteiger partial charge < -0.3 is 4.74 Å². The number of carbonyl (C=O) groups excluding carboxylic acids is 1. The summed E-state index contributed by atoms with van der Waals surface area (Å²) < 4.78 is 5.86. The van der Waals surface area contributed by atoms with Crippen LogP contribution in [0.4, 0.5) is 0 Å². The Hall–Kier alpha value is -0.870. The fourth-order valence-corrected chi connectivity index (χ4v) is 1.73. The molecule has 17 heavy (non-hydrogen) atoms. The summed E-state index contributed by atoms with van der Waals surface area (Å²) in [5.41, 5.74) is 0.537. The standard InChI is InChI=1S/C13H18BrNO2/c1-13(2,12(16)17-4)15(3)9-10-5-7-11(14)8-6-10/h5-8H,9H2,1-4H3. The lowest BCUT2D eigenvalue weighted by atomic mass is 10.0. The van der Waals surface area contributed by atoms with Crippen molar-refractivity contribution in [2.75, 3.05) is 14.2 Å². The van der Waals surface area contributed by atoms with E-state index in [1.54, 1.807) is 0 Å². The van der Waals surface area contributed by atoms with Gasteiger partial charge in [0.1, 0.15) is 5.54 Å². The summed E-state index contributed by atoms with van der Waals surface area (Å²) in [6.45, 7) is 4.42. The molecule has 0 atom stereocenters. The number of carbonyl (C=O) groups is 1. The highest BCUT2D eigenvalue weighted by Crippen LogP contribution is 2.18. The minimum atomic E-state index is -0.623. The summed E-state index contributed by atoms with van der Waals surface area (Å²) in [6, 6.07) is 8.06. The fraction of sp³-hybridized carbons (Fsp3) is 0.462. The third-order valence-electron chi connectivity index (χ3n) is 2.97. The molecule has 94 valence electrons. The minimum Gasteiger partial charge on any atom is -0.468 e. The van der Waals surface area contributed by atoms with E-state index in [1.807, 2.05) is 50.1 Å². The molecular formula is C13H18BrNO2. The van der Waals surface area contributed by atoms with Gasteiger partial charge in [-0.05, 0) is 38.6 Å². The molecule has 0 fully saturated rings. The number of benzene rings is 1. The second-order valence-corrected chi connectivity index (χ2v) is 5.45. The molecule has 0 saturated carbocycles. The second-order valence-electron chi connectivity index (χ2n) is 4.53. The van der Waals surface area contributed by atoms with Gasteiger partial charge in [-0.25, -0.2) is 0 Å². The SMILES string of the molecule is COC(=O)C(C)(C)N(C)Cc1ccc(Br)cc1. The summed E-state index contributed by atoms with van der Waals surface area (Å²) in [5, 5.41) is 0. The third-order valence-corrected chi connectivity index (χ3v) is 3.50. The number of hydrogen-bond donors (Lipinski definition) is 0. The van der Waals surface area contributed by atoms with Gasteiger partial charge in [0.15, 0.2) is 0 Å². The van der Waals surface area contributed by atoms with Gasteiger partial charge in [-0.1, -0.05) is 28.1 Å². The van der Waals surface area contributed by atoms with Gasteiger partial charge in [-0.15, -0.1) is 0 Å². The van der Waals surface area contributed by atoms with Crippen molar-refractivity contribution in [1.82, 2.24) is 4.90 Å². The number of ether oxygens (including phenoxy) is 1. The maximum atomic E-state index is 11.6. The predicted molar refractivity (Wildman–Crippen MR) is 71.7 cm³/mol. The Kier molecular flexibility index (Phi) is 4.71. The van der Waals surface area contributed by atoms with Gasteiger partial charge in [0, 0.05) is 11.0 Å². The molecule has 0 aliphatic heterocycles. The van der Waals surface area contributed by atoms with E-state index < -0.39 is 5.54 Å². The molecule has 0 aliphatic rings. The van der Waals surface area contributed by atoms with Crippen molar-refractivity contribution < 1.29 is 9.53 Å². The van der Waals surface area contributed by atoms with E-state index in [0.717, 1.165) is 10.0 Å². The highest BCUT2D eigenvalue weighted by atomic mass is 79.9. The first-order valence-corrected chi connectivity index (χ1v) is 6.21. The molecular weight excluding hydrogens is 282 g/mol. The number of halogens is 1. The van der Waals surface area contributed by atoms with Crippen LogP contribution in [-0.2, 0) is 16.1 Å². The van der Waals surface area contributed by atoms with Crippen molar-refractivity contribution in [3.63, 3.8) is 0 Å². The molecule has 0 aliphatic carbocycles. The van der Waals surface area contributed by atoms with E-state index in [1.165, 1.54) is 7.11 Å². The summed E-state index contributed by atoms with van der Waals surface area (Å²) >= 11 is 3.40. The van der Waals surface area contributed by atoms with Crippen LogP contribution in [0.3, 0.4) is 0 Å². The van der Waals surface area contributed by atoms with Crippen LogP contribution >= 0.6 is 15.9 Å². The van der Waals surface area contributed by atoms with Gasteiger partial charge >= 0.3 is 5.97 Å². The van der Waals surface area contributed by atoms with E-state index in [4.69, 9.17) is 4.74 Å². The van der Waals surface area contributed by atoms with Crippen molar-refractivity contribution >= 4 is 21.9 Å². The van der Waals surface area contributed by atoms with Crippen molar-refractivity contribution in [1.29, 1.82) is 0 Å². The lowest BCUT2D eigenvalue weighted by molar-refractivity contribution is -0.152. The van der Waals surface area contributed by atoms with Gasteiger partial charge in [-0.3, -0.25) is 9.69 Å². The Morgan fingerprint density at radius 2 is 1.88 bits per heavy atom. The van der Waals surface area contributed by atoms with Gasteiger partial charge in [-0.2, -0.15) is 0 Å². The van der Waals surface area contributed by atoms with Crippen LogP contribution in [0.5, 0.6) is 0 Å². The molecule has 0 unspecified atom stereocenters. The maximum Gasteiger partial charge on any atom is 0.325 e. The predicted octanol–water partition coefficient (Wildman–Crippen LogP) is 2.83. The van der Waals surface area contributed by atoms with Crippen LogP contribution < -0.4 is 0 Å². The zero-order chi connectivity index (χ0) is 13.1. The van der Waals surface area contributed by atoms with Crippen LogP contribution in [0.2, 0.25) is 0 Å².